The minimum absolute atomic E-state index is 0. The SMILES string of the molecule is COc1ccc(-n2ccnc2-c2cccc(-c3nccn3-c3ccc(OC)cc3)n2)cc1.[Cl-].[Cl-].[Cl-].[Co+3]. The van der Waals surface area contributed by atoms with Gasteiger partial charge in [0.1, 0.15) is 22.9 Å². The van der Waals surface area contributed by atoms with Crippen LogP contribution in [-0.2, 0) is 16.8 Å². The van der Waals surface area contributed by atoms with Gasteiger partial charge in [-0.1, -0.05) is 6.07 Å². The van der Waals surface area contributed by atoms with Crippen molar-refractivity contribution < 1.29 is 63.5 Å². The second-order valence-corrected chi connectivity index (χ2v) is 7.05. The molecule has 2 aromatic carbocycles. The molecule has 0 aliphatic heterocycles. The summed E-state index contributed by atoms with van der Waals surface area (Å²) in [5.74, 6) is 3.11. The summed E-state index contributed by atoms with van der Waals surface area (Å²) in [5, 5.41) is 0. The molecule has 3 aromatic heterocycles. The molecule has 0 saturated heterocycles. The molecule has 5 aromatic rings. The van der Waals surface area contributed by atoms with Crippen molar-refractivity contribution in [2.24, 2.45) is 0 Å². The topological polar surface area (TPSA) is 67.0 Å². The fourth-order valence-electron chi connectivity index (χ4n) is 3.57. The maximum atomic E-state index is 5.27. The van der Waals surface area contributed by atoms with E-state index in [0.717, 1.165) is 45.9 Å². The second-order valence-electron chi connectivity index (χ2n) is 7.05. The molecule has 0 amide bonds. The fourth-order valence-corrected chi connectivity index (χ4v) is 3.57. The molecule has 188 valence electrons. The number of halogens is 3. The third kappa shape index (κ3) is 6.21. The Bertz CT molecular complexity index is 1260. The third-order valence-electron chi connectivity index (χ3n) is 5.19. The maximum Gasteiger partial charge on any atom is 3.00 e. The molecule has 7 nitrogen and oxygen atoms in total. The predicted octanol–water partition coefficient (Wildman–Crippen LogP) is -4.19. The molecule has 0 bridgehead atoms. The summed E-state index contributed by atoms with van der Waals surface area (Å²) in [6.07, 6.45) is 7.38. The van der Waals surface area contributed by atoms with E-state index < -0.39 is 0 Å². The fraction of sp³-hybridized carbons (Fsp3) is 0.0800. The Kier molecular flexibility index (Phi) is 12.0. The van der Waals surface area contributed by atoms with Gasteiger partial charge in [0, 0.05) is 36.2 Å². The smallest absolute Gasteiger partial charge is 1.00 e. The van der Waals surface area contributed by atoms with E-state index in [4.69, 9.17) is 14.5 Å². The summed E-state index contributed by atoms with van der Waals surface area (Å²) in [4.78, 5) is 14.0. The zero-order chi connectivity index (χ0) is 21.9. The van der Waals surface area contributed by atoms with Gasteiger partial charge < -0.3 is 46.7 Å². The quantitative estimate of drug-likeness (QED) is 0.202. The van der Waals surface area contributed by atoms with Gasteiger partial charge in [-0.25, -0.2) is 15.0 Å². The summed E-state index contributed by atoms with van der Waals surface area (Å²) >= 11 is 0. The van der Waals surface area contributed by atoms with Gasteiger partial charge in [0.25, 0.3) is 0 Å². The van der Waals surface area contributed by atoms with E-state index in [1.54, 1.807) is 26.6 Å². The average molecular weight is 589 g/mol. The number of methoxy groups -OCH3 is 2. The Morgan fingerprint density at radius 1 is 0.583 bits per heavy atom. The van der Waals surface area contributed by atoms with Crippen molar-refractivity contribution in [1.29, 1.82) is 0 Å². The Morgan fingerprint density at radius 2 is 0.972 bits per heavy atom. The largest absolute Gasteiger partial charge is 3.00 e. The molecule has 0 aliphatic carbocycles. The molecule has 36 heavy (non-hydrogen) atoms. The van der Waals surface area contributed by atoms with Crippen LogP contribution in [0, 0.1) is 0 Å². The zero-order valence-electron chi connectivity index (χ0n) is 19.2. The monoisotopic (exact) mass is 587 g/mol. The molecular formula is C25H21Cl3CoN5O2. The van der Waals surface area contributed by atoms with E-state index in [1.807, 2.05) is 88.3 Å². The number of benzene rings is 2. The number of imidazole rings is 2. The number of rotatable bonds is 6. The van der Waals surface area contributed by atoms with Gasteiger partial charge in [0.15, 0.2) is 11.6 Å². The Hall–Kier alpha value is -3.01. The molecule has 0 aliphatic rings. The number of ether oxygens (including phenoxy) is 2. The van der Waals surface area contributed by atoms with E-state index in [2.05, 4.69) is 9.97 Å². The summed E-state index contributed by atoms with van der Waals surface area (Å²) in [7, 11) is 3.31. The molecule has 0 unspecified atom stereocenters. The average Bonchev–Trinajstić information content (AvgIpc) is 3.54. The minimum Gasteiger partial charge on any atom is -1.00 e. The first kappa shape index (κ1) is 31.0. The van der Waals surface area contributed by atoms with Crippen molar-refractivity contribution in [3.63, 3.8) is 0 Å². The van der Waals surface area contributed by atoms with Gasteiger partial charge in [-0.05, 0) is 60.7 Å². The molecule has 0 atom stereocenters. The first-order valence-electron chi connectivity index (χ1n) is 10.1. The molecule has 0 saturated carbocycles. The summed E-state index contributed by atoms with van der Waals surface area (Å²) in [5.41, 5.74) is 3.47. The minimum atomic E-state index is 0. The van der Waals surface area contributed by atoms with Crippen LogP contribution in [0.1, 0.15) is 0 Å². The standard InChI is InChI=1S/C25H21N5O2.3ClH.Co/c1-31-20-10-6-18(7-11-20)29-16-14-26-24(29)22-4-3-5-23(28-22)25-27-15-17-30(25)19-8-12-21(32-2)13-9-19;;;;/h3-17H,1-2H3;3*1H;/q;;;;+3/p-3. The van der Waals surface area contributed by atoms with Crippen LogP contribution in [0.15, 0.2) is 91.5 Å². The van der Waals surface area contributed by atoms with Crippen molar-refractivity contribution >= 4 is 0 Å². The molecule has 0 spiro atoms. The molecular weight excluding hydrogens is 568 g/mol. The Morgan fingerprint density at radius 3 is 1.33 bits per heavy atom. The summed E-state index contributed by atoms with van der Waals surface area (Å²) in [6.45, 7) is 0. The number of aromatic nitrogens is 5. The van der Waals surface area contributed by atoms with Crippen molar-refractivity contribution in [3.05, 3.63) is 91.5 Å². The first-order chi connectivity index (χ1) is 15.8. The van der Waals surface area contributed by atoms with E-state index in [-0.39, 0.29) is 54.0 Å². The van der Waals surface area contributed by atoms with Gasteiger partial charge in [0.05, 0.1) is 14.2 Å². The number of pyridine rings is 1. The molecule has 3 heterocycles. The number of hydrogen-bond donors (Lipinski definition) is 0. The van der Waals surface area contributed by atoms with Gasteiger partial charge >= 0.3 is 16.8 Å². The van der Waals surface area contributed by atoms with Crippen LogP contribution in [-0.4, -0.2) is 38.3 Å². The Balaban J connectivity index is 0.00000162. The van der Waals surface area contributed by atoms with Crippen LogP contribution in [0.5, 0.6) is 11.5 Å². The molecule has 0 N–H and O–H groups in total. The molecule has 11 heteroatoms. The van der Waals surface area contributed by atoms with Crippen molar-refractivity contribution in [1.82, 2.24) is 24.1 Å². The van der Waals surface area contributed by atoms with E-state index in [0.29, 0.717) is 0 Å². The summed E-state index contributed by atoms with van der Waals surface area (Å²) in [6, 6.07) is 21.5. The van der Waals surface area contributed by atoms with Gasteiger partial charge in [0.2, 0.25) is 0 Å². The molecule has 0 radical (unpaired) electrons. The van der Waals surface area contributed by atoms with Crippen LogP contribution in [0.2, 0.25) is 0 Å². The van der Waals surface area contributed by atoms with E-state index >= 15 is 0 Å². The van der Waals surface area contributed by atoms with Crippen LogP contribution < -0.4 is 46.7 Å². The van der Waals surface area contributed by atoms with Crippen LogP contribution >= 0.6 is 0 Å². The van der Waals surface area contributed by atoms with Gasteiger partial charge in [-0.15, -0.1) is 0 Å². The maximum absolute atomic E-state index is 5.27. The molecule has 0 fully saturated rings. The first-order valence-corrected chi connectivity index (χ1v) is 10.1. The number of hydrogen-bond acceptors (Lipinski definition) is 5. The van der Waals surface area contributed by atoms with Crippen molar-refractivity contribution in [2.45, 2.75) is 0 Å². The van der Waals surface area contributed by atoms with E-state index in [1.165, 1.54) is 0 Å². The van der Waals surface area contributed by atoms with Gasteiger partial charge in [-0.2, -0.15) is 0 Å². The Labute approximate surface area is 238 Å². The number of nitrogens with zero attached hydrogens (tertiary/aromatic N) is 5. The second kappa shape index (κ2) is 13.9. The third-order valence-corrected chi connectivity index (χ3v) is 5.19. The van der Waals surface area contributed by atoms with Gasteiger partial charge in [-0.3, -0.25) is 9.13 Å². The van der Waals surface area contributed by atoms with Crippen molar-refractivity contribution in [2.75, 3.05) is 14.2 Å². The normalized spacial score (nSPS) is 9.61. The predicted molar refractivity (Wildman–Crippen MR) is 122 cm³/mol. The zero-order valence-corrected chi connectivity index (χ0v) is 22.5. The summed E-state index contributed by atoms with van der Waals surface area (Å²) < 4.78 is 14.5. The van der Waals surface area contributed by atoms with E-state index in [9.17, 15) is 0 Å². The van der Waals surface area contributed by atoms with Crippen LogP contribution in [0.3, 0.4) is 0 Å². The van der Waals surface area contributed by atoms with Crippen LogP contribution in [0.4, 0.5) is 0 Å². The van der Waals surface area contributed by atoms with Crippen LogP contribution in [0.25, 0.3) is 34.4 Å². The molecule has 5 rings (SSSR count). The van der Waals surface area contributed by atoms with Crippen molar-refractivity contribution in [3.8, 4) is 45.9 Å².